The summed E-state index contributed by atoms with van der Waals surface area (Å²) in [5.41, 5.74) is 2.06. The summed E-state index contributed by atoms with van der Waals surface area (Å²) in [6, 6.07) is 11.7. The highest BCUT2D eigenvalue weighted by molar-refractivity contribution is 5.87. The van der Waals surface area contributed by atoms with Gasteiger partial charge in [-0.3, -0.25) is 4.79 Å². The molecule has 3 N–H and O–H groups in total. The number of aromatic carboxylic acids is 1. The minimum atomic E-state index is -0.965. The van der Waals surface area contributed by atoms with Crippen LogP contribution < -0.4 is 10.1 Å². The summed E-state index contributed by atoms with van der Waals surface area (Å²) in [4.78, 5) is 23.6. The van der Waals surface area contributed by atoms with Gasteiger partial charge in [-0.2, -0.15) is 0 Å². The SMILES string of the molecule is COc1cc(O)cc(CC2CCCC2C(=O)NCc2ccc(C(=O)O)cc2)c1. The molecule has 1 fully saturated rings. The van der Waals surface area contributed by atoms with E-state index in [2.05, 4.69) is 5.32 Å². The van der Waals surface area contributed by atoms with E-state index >= 15 is 0 Å². The molecule has 0 spiro atoms. The van der Waals surface area contributed by atoms with Crippen LogP contribution in [-0.4, -0.2) is 29.2 Å². The Hall–Kier alpha value is -3.02. The second-order valence-corrected chi connectivity index (χ2v) is 7.26. The number of hydrogen-bond acceptors (Lipinski definition) is 4. The number of carboxylic acid groups (broad SMARTS) is 1. The van der Waals surface area contributed by atoms with E-state index in [-0.39, 0.29) is 29.1 Å². The molecule has 0 aromatic heterocycles. The maximum atomic E-state index is 12.7. The first kappa shape index (κ1) is 19.7. The number of aromatic hydroxyl groups is 1. The molecule has 0 bridgehead atoms. The number of nitrogens with one attached hydrogen (secondary N) is 1. The second kappa shape index (κ2) is 8.78. The van der Waals surface area contributed by atoms with Crippen LogP contribution in [0.4, 0.5) is 0 Å². The van der Waals surface area contributed by atoms with Crippen LogP contribution in [0.5, 0.6) is 11.5 Å². The Labute approximate surface area is 164 Å². The number of benzene rings is 2. The number of amides is 1. The Morgan fingerprint density at radius 3 is 2.54 bits per heavy atom. The molecule has 1 aliphatic rings. The van der Waals surface area contributed by atoms with Crippen LogP contribution in [0.15, 0.2) is 42.5 Å². The number of phenols is 1. The summed E-state index contributed by atoms with van der Waals surface area (Å²) in [5, 5.41) is 21.8. The zero-order valence-electron chi connectivity index (χ0n) is 15.9. The Kier molecular flexibility index (Phi) is 6.19. The predicted molar refractivity (Wildman–Crippen MR) is 104 cm³/mol. The van der Waals surface area contributed by atoms with E-state index in [1.54, 1.807) is 31.4 Å². The summed E-state index contributed by atoms with van der Waals surface area (Å²) in [5.74, 6) is -0.00520. The fraction of sp³-hybridized carbons (Fsp3) is 0.364. The van der Waals surface area contributed by atoms with Crippen molar-refractivity contribution in [3.05, 3.63) is 59.2 Å². The number of hydrogen-bond donors (Lipinski definition) is 3. The first-order chi connectivity index (χ1) is 13.5. The molecule has 148 valence electrons. The molecule has 3 rings (SSSR count). The average Bonchev–Trinajstić information content (AvgIpc) is 3.14. The van der Waals surface area contributed by atoms with Crippen molar-refractivity contribution in [3.63, 3.8) is 0 Å². The molecule has 6 heteroatoms. The molecule has 2 atom stereocenters. The third-order valence-electron chi connectivity index (χ3n) is 5.35. The minimum absolute atomic E-state index is 0.0249. The van der Waals surface area contributed by atoms with Gasteiger partial charge in [0.15, 0.2) is 0 Å². The molecule has 2 unspecified atom stereocenters. The van der Waals surface area contributed by atoms with Crippen molar-refractivity contribution in [2.75, 3.05) is 7.11 Å². The van der Waals surface area contributed by atoms with Crippen molar-refractivity contribution in [1.29, 1.82) is 0 Å². The molecule has 28 heavy (non-hydrogen) atoms. The maximum Gasteiger partial charge on any atom is 0.335 e. The van der Waals surface area contributed by atoms with Crippen LogP contribution >= 0.6 is 0 Å². The Bertz CT molecular complexity index is 847. The third kappa shape index (κ3) is 4.82. The van der Waals surface area contributed by atoms with Gasteiger partial charge >= 0.3 is 5.97 Å². The van der Waals surface area contributed by atoms with Crippen LogP contribution in [0.2, 0.25) is 0 Å². The number of carboxylic acids is 1. The van der Waals surface area contributed by atoms with Gasteiger partial charge in [-0.25, -0.2) is 4.79 Å². The molecule has 1 aliphatic carbocycles. The van der Waals surface area contributed by atoms with Gasteiger partial charge in [0.2, 0.25) is 5.91 Å². The number of carbonyl (C=O) groups excluding carboxylic acids is 1. The van der Waals surface area contributed by atoms with Crippen LogP contribution in [0, 0.1) is 11.8 Å². The third-order valence-corrected chi connectivity index (χ3v) is 5.35. The molecule has 0 radical (unpaired) electrons. The fourth-order valence-corrected chi connectivity index (χ4v) is 3.89. The number of phenolic OH excluding ortho intramolecular Hbond substituents is 1. The van der Waals surface area contributed by atoms with Crippen LogP contribution in [-0.2, 0) is 17.8 Å². The van der Waals surface area contributed by atoms with E-state index in [1.807, 2.05) is 6.07 Å². The zero-order chi connectivity index (χ0) is 20.1. The lowest BCUT2D eigenvalue weighted by Crippen LogP contribution is -2.33. The van der Waals surface area contributed by atoms with E-state index in [0.717, 1.165) is 36.8 Å². The molecular formula is C22H25NO5. The molecule has 2 aromatic rings. The lowest BCUT2D eigenvalue weighted by molar-refractivity contribution is -0.126. The quantitative estimate of drug-likeness (QED) is 0.681. The van der Waals surface area contributed by atoms with Crippen molar-refractivity contribution in [1.82, 2.24) is 5.32 Å². The lowest BCUT2D eigenvalue weighted by Gasteiger charge is -2.20. The molecule has 0 aliphatic heterocycles. The first-order valence-electron chi connectivity index (χ1n) is 9.43. The van der Waals surface area contributed by atoms with Crippen molar-refractivity contribution in [3.8, 4) is 11.5 Å². The minimum Gasteiger partial charge on any atom is -0.508 e. The summed E-state index contributed by atoms with van der Waals surface area (Å²) >= 11 is 0. The van der Waals surface area contributed by atoms with Crippen molar-refractivity contribution >= 4 is 11.9 Å². The monoisotopic (exact) mass is 383 g/mol. The Morgan fingerprint density at radius 2 is 1.86 bits per heavy atom. The molecule has 2 aromatic carbocycles. The van der Waals surface area contributed by atoms with Gasteiger partial charge in [0.1, 0.15) is 11.5 Å². The Balaban J connectivity index is 1.59. The Morgan fingerprint density at radius 1 is 1.11 bits per heavy atom. The summed E-state index contributed by atoms with van der Waals surface area (Å²) < 4.78 is 5.21. The van der Waals surface area contributed by atoms with Crippen LogP contribution in [0.3, 0.4) is 0 Å². The van der Waals surface area contributed by atoms with Gasteiger partial charge in [0, 0.05) is 18.5 Å². The highest BCUT2D eigenvalue weighted by Crippen LogP contribution is 2.35. The number of methoxy groups -OCH3 is 1. The maximum absolute atomic E-state index is 12.7. The van der Waals surface area contributed by atoms with Crippen LogP contribution in [0.1, 0.15) is 40.7 Å². The van der Waals surface area contributed by atoms with Gasteiger partial charge in [-0.1, -0.05) is 18.6 Å². The molecule has 0 saturated heterocycles. The van der Waals surface area contributed by atoms with Crippen molar-refractivity contribution in [2.45, 2.75) is 32.2 Å². The van der Waals surface area contributed by atoms with Crippen molar-refractivity contribution < 1.29 is 24.5 Å². The van der Waals surface area contributed by atoms with Crippen LogP contribution in [0.25, 0.3) is 0 Å². The molecule has 1 amide bonds. The molecule has 6 nitrogen and oxygen atoms in total. The summed E-state index contributed by atoms with van der Waals surface area (Å²) in [6.07, 6.45) is 3.55. The zero-order valence-corrected chi connectivity index (χ0v) is 15.9. The predicted octanol–water partition coefficient (Wildman–Crippen LogP) is 3.37. The number of rotatable bonds is 7. The lowest BCUT2D eigenvalue weighted by atomic mass is 9.89. The van der Waals surface area contributed by atoms with Gasteiger partial charge < -0.3 is 20.3 Å². The number of carbonyl (C=O) groups is 2. The van der Waals surface area contributed by atoms with E-state index in [1.165, 1.54) is 12.1 Å². The molecular weight excluding hydrogens is 358 g/mol. The second-order valence-electron chi connectivity index (χ2n) is 7.26. The topological polar surface area (TPSA) is 95.9 Å². The normalized spacial score (nSPS) is 18.6. The van der Waals surface area contributed by atoms with Gasteiger partial charge in [-0.05, 0) is 60.6 Å². The van der Waals surface area contributed by atoms with Gasteiger partial charge in [0.05, 0.1) is 12.7 Å². The van der Waals surface area contributed by atoms with Crippen molar-refractivity contribution in [2.24, 2.45) is 11.8 Å². The fourth-order valence-electron chi connectivity index (χ4n) is 3.89. The average molecular weight is 383 g/mol. The van der Waals surface area contributed by atoms with E-state index in [0.29, 0.717) is 12.3 Å². The smallest absolute Gasteiger partial charge is 0.335 e. The largest absolute Gasteiger partial charge is 0.508 e. The highest BCUT2D eigenvalue weighted by atomic mass is 16.5. The highest BCUT2D eigenvalue weighted by Gasteiger charge is 2.32. The molecule has 1 saturated carbocycles. The van der Waals surface area contributed by atoms with Gasteiger partial charge in [0.25, 0.3) is 0 Å². The van der Waals surface area contributed by atoms with E-state index in [4.69, 9.17) is 9.84 Å². The molecule has 0 heterocycles. The summed E-state index contributed by atoms with van der Waals surface area (Å²) in [6.45, 7) is 0.377. The first-order valence-corrected chi connectivity index (χ1v) is 9.43. The van der Waals surface area contributed by atoms with Gasteiger partial charge in [-0.15, -0.1) is 0 Å². The summed E-state index contributed by atoms with van der Waals surface area (Å²) in [7, 11) is 1.56. The van der Waals surface area contributed by atoms with E-state index in [9.17, 15) is 14.7 Å². The van der Waals surface area contributed by atoms with E-state index < -0.39 is 5.97 Å². The standard InChI is InChI=1S/C22H25NO5/c1-28-19-11-15(10-18(24)12-19)9-17-3-2-4-20(17)21(25)23-13-14-5-7-16(8-6-14)22(26)27/h5-8,10-12,17,20,24H,2-4,9,13H2,1H3,(H,23,25)(H,26,27). The number of ether oxygens (including phenoxy) is 1.